The number of methoxy groups -OCH3 is 1. The third-order valence-electron chi connectivity index (χ3n) is 3.14. The van der Waals surface area contributed by atoms with Crippen molar-refractivity contribution < 1.29 is 9.84 Å². The summed E-state index contributed by atoms with van der Waals surface area (Å²) in [6, 6.07) is 6.17. The van der Waals surface area contributed by atoms with E-state index in [1.165, 1.54) is 24.8 Å². The Morgan fingerprint density at radius 2 is 2.31 bits per heavy atom. The molecule has 0 amide bonds. The molecule has 0 bridgehead atoms. The Bertz CT molecular complexity index is 346. The molecule has 1 saturated heterocycles. The van der Waals surface area contributed by atoms with Crippen molar-refractivity contribution >= 4 is 0 Å². The van der Waals surface area contributed by atoms with Crippen molar-refractivity contribution in [3.05, 3.63) is 23.8 Å². The SMILES string of the molecule is COc1cc(CC2CCCCN2)ccc1O. The molecule has 0 saturated carbocycles. The summed E-state index contributed by atoms with van der Waals surface area (Å²) < 4.78 is 5.10. The number of hydrogen-bond donors (Lipinski definition) is 2. The second-order valence-electron chi connectivity index (χ2n) is 4.36. The van der Waals surface area contributed by atoms with E-state index in [-0.39, 0.29) is 5.75 Å². The van der Waals surface area contributed by atoms with Crippen LogP contribution in [0.3, 0.4) is 0 Å². The van der Waals surface area contributed by atoms with Gasteiger partial charge < -0.3 is 15.2 Å². The maximum absolute atomic E-state index is 9.50. The van der Waals surface area contributed by atoms with Gasteiger partial charge in [0.25, 0.3) is 0 Å². The molecule has 0 spiro atoms. The van der Waals surface area contributed by atoms with Crippen molar-refractivity contribution in [1.29, 1.82) is 0 Å². The molecule has 1 aromatic rings. The Morgan fingerprint density at radius 1 is 1.44 bits per heavy atom. The zero-order valence-electron chi connectivity index (χ0n) is 9.70. The monoisotopic (exact) mass is 221 g/mol. The second kappa shape index (κ2) is 5.21. The molecule has 2 rings (SSSR count). The van der Waals surface area contributed by atoms with Gasteiger partial charge in [-0.25, -0.2) is 0 Å². The average Bonchev–Trinajstić information content (AvgIpc) is 2.33. The molecule has 3 heteroatoms. The zero-order valence-corrected chi connectivity index (χ0v) is 9.70. The van der Waals surface area contributed by atoms with Gasteiger partial charge in [0.2, 0.25) is 0 Å². The van der Waals surface area contributed by atoms with E-state index in [1.54, 1.807) is 13.2 Å². The summed E-state index contributed by atoms with van der Waals surface area (Å²) in [6.45, 7) is 1.12. The average molecular weight is 221 g/mol. The first-order chi connectivity index (χ1) is 7.79. The van der Waals surface area contributed by atoms with Crippen molar-refractivity contribution in [3.8, 4) is 11.5 Å². The number of phenols is 1. The third-order valence-corrected chi connectivity index (χ3v) is 3.14. The van der Waals surface area contributed by atoms with Crippen LogP contribution < -0.4 is 10.1 Å². The quantitative estimate of drug-likeness (QED) is 0.821. The van der Waals surface area contributed by atoms with E-state index in [0.29, 0.717) is 11.8 Å². The van der Waals surface area contributed by atoms with Crippen molar-refractivity contribution in [2.75, 3.05) is 13.7 Å². The Labute approximate surface area is 96.4 Å². The van der Waals surface area contributed by atoms with Gasteiger partial charge in [-0.1, -0.05) is 12.5 Å². The number of hydrogen-bond acceptors (Lipinski definition) is 3. The predicted molar refractivity (Wildman–Crippen MR) is 64.0 cm³/mol. The molecule has 3 nitrogen and oxygen atoms in total. The highest BCUT2D eigenvalue weighted by atomic mass is 16.5. The minimum absolute atomic E-state index is 0.211. The number of benzene rings is 1. The first kappa shape index (κ1) is 11.3. The summed E-state index contributed by atoms with van der Waals surface area (Å²) in [5, 5.41) is 13.0. The fourth-order valence-corrected chi connectivity index (χ4v) is 2.23. The Kier molecular flexibility index (Phi) is 3.67. The van der Waals surface area contributed by atoms with E-state index in [9.17, 15) is 5.11 Å². The first-order valence-corrected chi connectivity index (χ1v) is 5.89. The molecule has 1 unspecified atom stereocenters. The highest BCUT2D eigenvalue weighted by Gasteiger charge is 2.13. The number of phenolic OH excluding ortho intramolecular Hbond substituents is 1. The molecular weight excluding hydrogens is 202 g/mol. The van der Waals surface area contributed by atoms with Gasteiger partial charge in [-0.15, -0.1) is 0 Å². The highest BCUT2D eigenvalue weighted by molar-refractivity contribution is 5.41. The maximum Gasteiger partial charge on any atom is 0.160 e. The van der Waals surface area contributed by atoms with E-state index in [4.69, 9.17) is 4.74 Å². The van der Waals surface area contributed by atoms with Crippen LogP contribution >= 0.6 is 0 Å². The van der Waals surface area contributed by atoms with Crippen molar-refractivity contribution in [1.82, 2.24) is 5.32 Å². The van der Waals surface area contributed by atoms with E-state index < -0.39 is 0 Å². The Hall–Kier alpha value is -1.22. The lowest BCUT2D eigenvalue weighted by Crippen LogP contribution is -2.35. The minimum atomic E-state index is 0.211. The van der Waals surface area contributed by atoms with Gasteiger partial charge in [0.15, 0.2) is 11.5 Å². The lowest BCUT2D eigenvalue weighted by atomic mass is 9.97. The summed E-state index contributed by atoms with van der Waals surface area (Å²) in [5.74, 6) is 0.774. The van der Waals surface area contributed by atoms with E-state index in [1.807, 2.05) is 12.1 Å². The summed E-state index contributed by atoms with van der Waals surface area (Å²) in [5.41, 5.74) is 1.22. The molecule has 0 radical (unpaired) electrons. The molecule has 1 aliphatic rings. The van der Waals surface area contributed by atoms with Crippen LogP contribution in [0, 0.1) is 0 Å². The standard InChI is InChI=1S/C13H19NO2/c1-16-13-9-10(5-6-12(13)15)8-11-4-2-3-7-14-11/h5-6,9,11,14-15H,2-4,7-8H2,1H3. The van der Waals surface area contributed by atoms with Crippen LogP contribution in [0.4, 0.5) is 0 Å². The van der Waals surface area contributed by atoms with Gasteiger partial charge in [-0.2, -0.15) is 0 Å². The second-order valence-corrected chi connectivity index (χ2v) is 4.36. The molecular formula is C13H19NO2. The maximum atomic E-state index is 9.50. The van der Waals surface area contributed by atoms with Crippen LogP contribution in [0.5, 0.6) is 11.5 Å². The fourth-order valence-electron chi connectivity index (χ4n) is 2.23. The smallest absolute Gasteiger partial charge is 0.160 e. The normalized spacial score (nSPS) is 20.7. The number of aromatic hydroxyl groups is 1. The van der Waals surface area contributed by atoms with Crippen LogP contribution in [0.2, 0.25) is 0 Å². The van der Waals surface area contributed by atoms with Gasteiger partial charge in [0, 0.05) is 6.04 Å². The molecule has 1 atom stereocenters. The van der Waals surface area contributed by atoms with Crippen molar-refractivity contribution in [2.24, 2.45) is 0 Å². The largest absolute Gasteiger partial charge is 0.504 e. The van der Waals surface area contributed by atoms with Gasteiger partial charge in [0.1, 0.15) is 0 Å². The van der Waals surface area contributed by atoms with Crippen LogP contribution in [-0.2, 0) is 6.42 Å². The van der Waals surface area contributed by atoms with Gasteiger partial charge >= 0.3 is 0 Å². The summed E-state index contributed by atoms with van der Waals surface area (Å²) >= 11 is 0. The Morgan fingerprint density at radius 3 is 3.00 bits per heavy atom. The van der Waals surface area contributed by atoms with E-state index >= 15 is 0 Å². The van der Waals surface area contributed by atoms with Gasteiger partial charge in [0.05, 0.1) is 7.11 Å². The number of ether oxygens (including phenoxy) is 1. The summed E-state index contributed by atoms with van der Waals surface area (Å²) in [7, 11) is 1.58. The minimum Gasteiger partial charge on any atom is -0.504 e. The lowest BCUT2D eigenvalue weighted by Gasteiger charge is -2.23. The highest BCUT2D eigenvalue weighted by Crippen LogP contribution is 2.27. The van der Waals surface area contributed by atoms with Crippen molar-refractivity contribution in [2.45, 2.75) is 31.7 Å². The van der Waals surface area contributed by atoms with E-state index in [2.05, 4.69) is 5.32 Å². The summed E-state index contributed by atoms with van der Waals surface area (Å²) in [4.78, 5) is 0. The molecule has 16 heavy (non-hydrogen) atoms. The Balaban J connectivity index is 2.03. The number of nitrogens with one attached hydrogen (secondary N) is 1. The van der Waals surface area contributed by atoms with Crippen molar-refractivity contribution in [3.63, 3.8) is 0 Å². The molecule has 2 N–H and O–H groups in total. The van der Waals surface area contributed by atoms with Gasteiger partial charge in [-0.05, 0) is 43.5 Å². The van der Waals surface area contributed by atoms with E-state index in [0.717, 1.165) is 13.0 Å². The number of rotatable bonds is 3. The summed E-state index contributed by atoms with van der Waals surface area (Å²) in [6.07, 6.45) is 4.85. The van der Waals surface area contributed by atoms with Crippen LogP contribution in [-0.4, -0.2) is 24.8 Å². The van der Waals surface area contributed by atoms with Crippen LogP contribution in [0.1, 0.15) is 24.8 Å². The molecule has 1 fully saturated rings. The first-order valence-electron chi connectivity index (χ1n) is 5.89. The topological polar surface area (TPSA) is 41.5 Å². The fraction of sp³-hybridized carbons (Fsp3) is 0.538. The van der Waals surface area contributed by atoms with Crippen LogP contribution in [0.25, 0.3) is 0 Å². The molecule has 1 aliphatic heterocycles. The molecule has 88 valence electrons. The third kappa shape index (κ3) is 2.67. The molecule has 0 aromatic heterocycles. The lowest BCUT2D eigenvalue weighted by molar-refractivity contribution is 0.371. The zero-order chi connectivity index (χ0) is 11.4. The van der Waals surface area contributed by atoms with Gasteiger partial charge in [-0.3, -0.25) is 0 Å². The molecule has 1 heterocycles. The number of piperidine rings is 1. The van der Waals surface area contributed by atoms with Crippen LogP contribution in [0.15, 0.2) is 18.2 Å². The predicted octanol–water partition coefficient (Wildman–Crippen LogP) is 2.09. The molecule has 0 aliphatic carbocycles. The molecule has 1 aromatic carbocycles.